The first kappa shape index (κ1) is 14.9. The Balaban J connectivity index is 2.87. The standard InChI is InChI=1S/C11H19ClN4O2/c1-17-7-6-16(5-3-4-13)10-9(12)8-14-11(15-10)18-2/h8H,3-7,13H2,1-2H3. The minimum absolute atomic E-state index is 0.296. The van der Waals surface area contributed by atoms with Crippen LogP contribution in [0, 0.1) is 0 Å². The molecule has 1 rings (SSSR count). The van der Waals surface area contributed by atoms with Crippen molar-refractivity contribution in [2.24, 2.45) is 5.73 Å². The second kappa shape index (κ2) is 8.07. The van der Waals surface area contributed by atoms with E-state index in [2.05, 4.69) is 9.97 Å². The van der Waals surface area contributed by atoms with Crippen LogP contribution in [0.3, 0.4) is 0 Å². The van der Waals surface area contributed by atoms with Gasteiger partial charge in [0.2, 0.25) is 0 Å². The van der Waals surface area contributed by atoms with E-state index in [-0.39, 0.29) is 0 Å². The Morgan fingerprint density at radius 3 is 2.78 bits per heavy atom. The predicted molar refractivity (Wildman–Crippen MR) is 71.4 cm³/mol. The summed E-state index contributed by atoms with van der Waals surface area (Å²) < 4.78 is 10.1. The smallest absolute Gasteiger partial charge is 0.318 e. The lowest BCUT2D eigenvalue weighted by Gasteiger charge is -2.24. The van der Waals surface area contributed by atoms with Crippen LogP contribution in [0.1, 0.15) is 6.42 Å². The molecule has 0 aliphatic carbocycles. The minimum atomic E-state index is 0.296. The Hall–Kier alpha value is -1.11. The fourth-order valence-corrected chi connectivity index (χ4v) is 1.68. The summed E-state index contributed by atoms with van der Waals surface area (Å²) in [6, 6.07) is 0.296. The summed E-state index contributed by atoms with van der Waals surface area (Å²) in [6.45, 7) is 2.66. The molecule has 0 aliphatic rings. The average Bonchev–Trinajstić information content (AvgIpc) is 2.40. The van der Waals surface area contributed by atoms with Crippen LogP contribution >= 0.6 is 11.6 Å². The van der Waals surface area contributed by atoms with Crippen molar-refractivity contribution in [2.45, 2.75) is 6.42 Å². The van der Waals surface area contributed by atoms with Crippen molar-refractivity contribution in [2.75, 3.05) is 45.4 Å². The van der Waals surface area contributed by atoms with Gasteiger partial charge in [0, 0.05) is 20.2 Å². The van der Waals surface area contributed by atoms with E-state index in [0.717, 1.165) is 13.0 Å². The normalized spacial score (nSPS) is 10.4. The van der Waals surface area contributed by atoms with Crippen molar-refractivity contribution in [3.63, 3.8) is 0 Å². The van der Waals surface area contributed by atoms with Gasteiger partial charge in [0.25, 0.3) is 0 Å². The van der Waals surface area contributed by atoms with Crippen LogP contribution < -0.4 is 15.4 Å². The molecule has 1 heterocycles. The van der Waals surface area contributed by atoms with E-state index in [1.165, 1.54) is 13.3 Å². The number of methoxy groups -OCH3 is 2. The Morgan fingerprint density at radius 2 is 2.17 bits per heavy atom. The summed E-state index contributed by atoms with van der Waals surface area (Å²) in [5, 5.41) is 0.490. The Bertz CT molecular complexity index is 357. The maximum atomic E-state index is 6.11. The van der Waals surface area contributed by atoms with E-state index in [0.29, 0.717) is 36.5 Å². The largest absolute Gasteiger partial charge is 0.467 e. The first-order valence-electron chi connectivity index (χ1n) is 5.73. The third-order valence-electron chi connectivity index (χ3n) is 2.38. The highest BCUT2D eigenvalue weighted by Crippen LogP contribution is 2.24. The lowest BCUT2D eigenvalue weighted by molar-refractivity contribution is 0.205. The van der Waals surface area contributed by atoms with E-state index in [4.69, 9.17) is 26.8 Å². The quantitative estimate of drug-likeness (QED) is 0.761. The zero-order valence-electron chi connectivity index (χ0n) is 10.7. The highest BCUT2D eigenvalue weighted by atomic mass is 35.5. The molecule has 0 bridgehead atoms. The van der Waals surface area contributed by atoms with Gasteiger partial charge in [0.1, 0.15) is 5.02 Å². The maximum absolute atomic E-state index is 6.11. The van der Waals surface area contributed by atoms with Gasteiger partial charge in [0.15, 0.2) is 5.82 Å². The van der Waals surface area contributed by atoms with Crippen LogP contribution in [-0.2, 0) is 4.74 Å². The predicted octanol–water partition coefficient (Wildman–Crippen LogP) is 0.940. The summed E-state index contributed by atoms with van der Waals surface area (Å²) in [4.78, 5) is 10.2. The fraction of sp³-hybridized carbons (Fsp3) is 0.636. The second-order valence-corrected chi connectivity index (χ2v) is 4.06. The highest BCUT2D eigenvalue weighted by molar-refractivity contribution is 6.32. The molecule has 1 aromatic heterocycles. The van der Waals surface area contributed by atoms with Gasteiger partial charge in [-0.05, 0) is 13.0 Å². The third kappa shape index (κ3) is 4.29. The number of aromatic nitrogens is 2. The maximum Gasteiger partial charge on any atom is 0.318 e. The average molecular weight is 275 g/mol. The summed E-state index contributed by atoms with van der Waals surface area (Å²) >= 11 is 6.11. The molecule has 0 aromatic carbocycles. The molecule has 7 heteroatoms. The Morgan fingerprint density at radius 1 is 1.39 bits per heavy atom. The Labute approximate surface area is 112 Å². The SMILES string of the molecule is COCCN(CCCN)c1nc(OC)ncc1Cl. The summed E-state index contributed by atoms with van der Waals surface area (Å²) in [7, 11) is 3.18. The van der Waals surface area contributed by atoms with Gasteiger partial charge in [-0.15, -0.1) is 0 Å². The van der Waals surface area contributed by atoms with Crippen LogP contribution in [0.5, 0.6) is 6.01 Å². The van der Waals surface area contributed by atoms with Crippen LogP contribution in [-0.4, -0.2) is 50.4 Å². The summed E-state index contributed by atoms with van der Waals surface area (Å²) in [5.41, 5.74) is 5.53. The Kier molecular flexibility index (Phi) is 6.70. The summed E-state index contributed by atoms with van der Waals surface area (Å²) in [5.74, 6) is 0.647. The van der Waals surface area contributed by atoms with Gasteiger partial charge in [-0.25, -0.2) is 4.98 Å². The molecular weight excluding hydrogens is 256 g/mol. The van der Waals surface area contributed by atoms with E-state index in [1.54, 1.807) is 7.11 Å². The lowest BCUT2D eigenvalue weighted by Crippen LogP contribution is -2.30. The zero-order valence-corrected chi connectivity index (χ0v) is 11.5. The second-order valence-electron chi connectivity index (χ2n) is 3.65. The molecule has 0 amide bonds. The van der Waals surface area contributed by atoms with Crippen LogP contribution in [0.15, 0.2) is 6.20 Å². The molecule has 0 spiro atoms. The molecule has 0 atom stereocenters. The molecule has 6 nitrogen and oxygen atoms in total. The van der Waals surface area contributed by atoms with Crippen molar-refractivity contribution < 1.29 is 9.47 Å². The van der Waals surface area contributed by atoms with Crippen molar-refractivity contribution in [1.29, 1.82) is 0 Å². The number of ether oxygens (including phenoxy) is 2. The molecule has 0 radical (unpaired) electrons. The first-order chi connectivity index (χ1) is 8.72. The van der Waals surface area contributed by atoms with E-state index in [9.17, 15) is 0 Å². The molecule has 0 fully saturated rings. The minimum Gasteiger partial charge on any atom is -0.467 e. The number of rotatable bonds is 8. The van der Waals surface area contributed by atoms with E-state index < -0.39 is 0 Å². The van der Waals surface area contributed by atoms with Crippen molar-refractivity contribution in [3.8, 4) is 6.01 Å². The van der Waals surface area contributed by atoms with Gasteiger partial charge in [-0.1, -0.05) is 11.6 Å². The monoisotopic (exact) mass is 274 g/mol. The van der Waals surface area contributed by atoms with Gasteiger partial charge in [-0.2, -0.15) is 4.98 Å². The van der Waals surface area contributed by atoms with Crippen LogP contribution in [0.4, 0.5) is 5.82 Å². The van der Waals surface area contributed by atoms with E-state index in [1.807, 2.05) is 4.90 Å². The molecule has 0 saturated heterocycles. The van der Waals surface area contributed by atoms with Gasteiger partial charge < -0.3 is 20.1 Å². The molecule has 18 heavy (non-hydrogen) atoms. The molecular formula is C11H19ClN4O2. The number of anilines is 1. The molecule has 1 aromatic rings. The van der Waals surface area contributed by atoms with Crippen molar-refractivity contribution in [3.05, 3.63) is 11.2 Å². The van der Waals surface area contributed by atoms with Gasteiger partial charge in [0.05, 0.1) is 19.9 Å². The molecule has 0 unspecified atom stereocenters. The summed E-state index contributed by atoms with van der Waals surface area (Å²) in [6.07, 6.45) is 2.39. The van der Waals surface area contributed by atoms with Crippen LogP contribution in [0.25, 0.3) is 0 Å². The third-order valence-corrected chi connectivity index (χ3v) is 2.65. The van der Waals surface area contributed by atoms with Gasteiger partial charge >= 0.3 is 6.01 Å². The number of nitrogens with two attached hydrogens (primary N) is 1. The number of halogens is 1. The van der Waals surface area contributed by atoms with E-state index >= 15 is 0 Å². The topological polar surface area (TPSA) is 73.5 Å². The first-order valence-corrected chi connectivity index (χ1v) is 6.11. The van der Waals surface area contributed by atoms with Crippen LogP contribution in [0.2, 0.25) is 5.02 Å². The highest BCUT2D eigenvalue weighted by Gasteiger charge is 2.13. The van der Waals surface area contributed by atoms with Crippen molar-refractivity contribution >= 4 is 17.4 Å². The zero-order chi connectivity index (χ0) is 13.4. The molecule has 102 valence electrons. The fourth-order valence-electron chi connectivity index (χ4n) is 1.47. The molecule has 0 saturated carbocycles. The van der Waals surface area contributed by atoms with Crippen molar-refractivity contribution in [1.82, 2.24) is 9.97 Å². The number of nitrogens with zero attached hydrogens (tertiary/aromatic N) is 3. The lowest BCUT2D eigenvalue weighted by atomic mass is 10.3. The van der Waals surface area contributed by atoms with Gasteiger partial charge in [-0.3, -0.25) is 0 Å². The molecule has 2 N–H and O–H groups in total. The number of hydrogen-bond donors (Lipinski definition) is 1. The number of hydrogen-bond acceptors (Lipinski definition) is 6. The molecule has 0 aliphatic heterocycles.